The van der Waals surface area contributed by atoms with E-state index < -0.39 is 5.79 Å². The van der Waals surface area contributed by atoms with Crippen molar-refractivity contribution in [2.75, 3.05) is 61.4 Å². The highest BCUT2D eigenvalue weighted by Gasteiger charge is 2.44. The van der Waals surface area contributed by atoms with E-state index in [4.69, 9.17) is 14.2 Å². The predicted octanol–water partition coefficient (Wildman–Crippen LogP) is 4.90. The summed E-state index contributed by atoms with van der Waals surface area (Å²) in [4.78, 5) is 4.78. The van der Waals surface area contributed by atoms with Gasteiger partial charge in [0.05, 0.1) is 18.8 Å². The quantitative estimate of drug-likeness (QED) is 0.200. The molecule has 46 heavy (non-hydrogen) atoms. The topological polar surface area (TPSA) is 90.7 Å². The van der Waals surface area contributed by atoms with Crippen molar-refractivity contribution >= 4 is 17.1 Å². The van der Waals surface area contributed by atoms with Crippen LogP contribution in [0.1, 0.15) is 25.8 Å². The summed E-state index contributed by atoms with van der Waals surface area (Å²) < 4.78 is 20.8. The summed E-state index contributed by atoms with van der Waals surface area (Å²) >= 11 is 0. The van der Waals surface area contributed by atoms with E-state index in [1.54, 1.807) is 18.4 Å². The maximum absolute atomic E-state index is 10.6. The number of hydrogen-bond acceptors (Lipinski definition) is 10. The van der Waals surface area contributed by atoms with Crippen molar-refractivity contribution < 1.29 is 19.4 Å². The zero-order chi connectivity index (χ0) is 31.9. The summed E-state index contributed by atoms with van der Waals surface area (Å²) in [7, 11) is 1.80. The molecule has 3 aromatic carbocycles. The summed E-state index contributed by atoms with van der Waals surface area (Å²) in [6.07, 6.45) is 4.44. The highest BCUT2D eigenvalue weighted by atomic mass is 16.8. The molecular formula is C35H45N7O4. The Morgan fingerprint density at radius 3 is 2.22 bits per heavy atom. The summed E-state index contributed by atoms with van der Waals surface area (Å²) in [6.45, 7) is 9.14. The lowest BCUT2D eigenvalue weighted by atomic mass is 10.1. The molecule has 1 unspecified atom stereocenters. The molecular weight excluding hydrogens is 582 g/mol. The lowest BCUT2D eigenvalue weighted by molar-refractivity contribution is -0.190. The van der Waals surface area contributed by atoms with Crippen LogP contribution in [0.5, 0.6) is 5.75 Å². The van der Waals surface area contributed by atoms with Gasteiger partial charge < -0.3 is 24.0 Å². The Hall–Kier alpha value is -4.13. The van der Waals surface area contributed by atoms with Gasteiger partial charge in [-0.2, -0.15) is 10.3 Å². The minimum atomic E-state index is -0.907. The van der Waals surface area contributed by atoms with Gasteiger partial charge in [-0.05, 0) is 67.9 Å². The first kappa shape index (κ1) is 31.8. The average Bonchev–Trinajstić information content (AvgIpc) is 3.78. The van der Waals surface area contributed by atoms with Crippen LogP contribution in [0, 0.1) is 0 Å². The molecule has 2 N–H and O–H groups in total. The molecule has 3 atom stereocenters. The van der Waals surface area contributed by atoms with Crippen LogP contribution in [-0.2, 0) is 21.8 Å². The first-order valence-corrected chi connectivity index (χ1v) is 16.1. The van der Waals surface area contributed by atoms with Gasteiger partial charge >= 0.3 is 0 Å². The SMILES string of the molecule is CCC(C)NN(C)N(O)c1ccc(N2CCN(c3ccc(OC[C@@H]4CO[C@@](Cn5cccn5)(c5ccccc5)O4)cc3)CC2)cc1. The molecule has 6 rings (SSSR count). The van der Waals surface area contributed by atoms with Crippen LogP contribution in [-0.4, -0.2) is 78.7 Å². The van der Waals surface area contributed by atoms with Crippen molar-refractivity contribution in [1.29, 1.82) is 0 Å². The summed E-state index contributed by atoms with van der Waals surface area (Å²) in [5, 5.41) is 17.7. The molecule has 1 aromatic heterocycles. The third-order valence-electron chi connectivity index (χ3n) is 8.67. The smallest absolute Gasteiger partial charge is 0.215 e. The maximum atomic E-state index is 10.6. The molecule has 0 amide bonds. The molecule has 0 saturated carbocycles. The average molecular weight is 628 g/mol. The second kappa shape index (κ2) is 14.5. The maximum Gasteiger partial charge on any atom is 0.215 e. The second-order valence-corrected chi connectivity index (χ2v) is 11.9. The van der Waals surface area contributed by atoms with Crippen molar-refractivity contribution in [3.05, 3.63) is 103 Å². The van der Waals surface area contributed by atoms with Gasteiger partial charge in [0.25, 0.3) is 0 Å². The molecule has 0 aliphatic carbocycles. The van der Waals surface area contributed by atoms with Crippen molar-refractivity contribution in [1.82, 2.24) is 20.3 Å². The van der Waals surface area contributed by atoms with Crippen LogP contribution < -0.4 is 25.1 Å². The number of nitrogens with one attached hydrogen (secondary N) is 1. The van der Waals surface area contributed by atoms with E-state index >= 15 is 0 Å². The van der Waals surface area contributed by atoms with E-state index in [-0.39, 0.29) is 12.1 Å². The van der Waals surface area contributed by atoms with E-state index in [0.29, 0.717) is 25.4 Å². The van der Waals surface area contributed by atoms with Gasteiger partial charge in [-0.1, -0.05) is 37.3 Å². The molecule has 0 spiro atoms. The number of anilines is 3. The molecule has 244 valence electrons. The standard InChI is InChI=1S/C35H45N7O4/c1-4-28(2)37-38(3)42(43)32-13-11-30(12-14-32)39-21-23-40(24-22-39)31-15-17-33(18-16-31)44-25-34-26-45-35(46-34,27-41-20-8-19-36-41)29-9-6-5-7-10-29/h5-20,28,34,37,43H,4,21-27H2,1-3H3/t28?,34-,35-/m1/s1. The van der Waals surface area contributed by atoms with E-state index in [1.807, 2.05) is 71.5 Å². The number of ether oxygens (including phenoxy) is 3. The van der Waals surface area contributed by atoms with Crippen LogP contribution in [0.3, 0.4) is 0 Å². The Kier molecular flexibility index (Phi) is 10.1. The molecule has 3 heterocycles. The van der Waals surface area contributed by atoms with Gasteiger partial charge in [-0.3, -0.25) is 9.89 Å². The van der Waals surface area contributed by atoms with E-state index in [9.17, 15) is 5.21 Å². The van der Waals surface area contributed by atoms with E-state index in [2.05, 4.69) is 58.4 Å². The van der Waals surface area contributed by atoms with Crippen LogP contribution in [0.15, 0.2) is 97.3 Å². The zero-order valence-corrected chi connectivity index (χ0v) is 26.9. The van der Waals surface area contributed by atoms with Crippen LogP contribution in [0.25, 0.3) is 0 Å². The van der Waals surface area contributed by atoms with Crippen LogP contribution in [0.4, 0.5) is 17.1 Å². The first-order valence-electron chi connectivity index (χ1n) is 16.1. The number of piperazine rings is 1. The molecule has 4 aromatic rings. The predicted molar refractivity (Wildman–Crippen MR) is 179 cm³/mol. The van der Waals surface area contributed by atoms with Crippen LogP contribution >= 0.6 is 0 Å². The van der Waals surface area contributed by atoms with E-state index in [0.717, 1.165) is 54.8 Å². The number of hydrazine groups is 2. The molecule has 2 saturated heterocycles. The van der Waals surface area contributed by atoms with Crippen molar-refractivity contribution in [3.63, 3.8) is 0 Å². The van der Waals surface area contributed by atoms with Crippen molar-refractivity contribution in [2.24, 2.45) is 0 Å². The number of aromatic nitrogens is 2. The molecule has 2 aliphatic heterocycles. The van der Waals surface area contributed by atoms with Gasteiger partial charge in [0, 0.05) is 68.6 Å². The fraction of sp³-hybridized carbons (Fsp3) is 0.400. The number of benzene rings is 3. The third kappa shape index (κ3) is 7.46. The molecule has 0 radical (unpaired) electrons. The number of hydrogen-bond donors (Lipinski definition) is 2. The Bertz CT molecular complexity index is 1480. The molecule has 11 nitrogen and oxygen atoms in total. The van der Waals surface area contributed by atoms with Crippen molar-refractivity contribution in [3.8, 4) is 5.75 Å². The second-order valence-electron chi connectivity index (χ2n) is 11.9. The number of rotatable bonds is 13. The van der Waals surface area contributed by atoms with Gasteiger partial charge in [0.2, 0.25) is 5.79 Å². The highest BCUT2D eigenvalue weighted by Crippen LogP contribution is 2.36. The first-order chi connectivity index (χ1) is 22.4. The lowest BCUT2D eigenvalue weighted by Gasteiger charge is -2.37. The van der Waals surface area contributed by atoms with Gasteiger partial charge in [0.15, 0.2) is 0 Å². The normalized spacial score (nSPS) is 20.7. The molecule has 11 heteroatoms. The Morgan fingerprint density at radius 2 is 1.61 bits per heavy atom. The summed E-state index contributed by atoms with van der Waals surface area (Å²) in [5.41, 5.74) is 7.24. The van der Waals surface area contributed by atoms with Crippen molar-refractivity contribution in [2.45, 2.75) is 44.7 Å². The largest absolute Gasteiger partial charge is 0.491 e. The minimum absolute atomic E-state index is 0.208. The summed E-state index contributed by atoms with van der Waals surface area (Å²) in [6, 6.07) is 28.5. The zero-order valence-electron chi connectivity index (χ0n) is 26.9. The lowest BCUT2D eigenvalue weighted by Crippen LogP contribution is -2.50. The third-order valence-corrected chi connectivity index (χ3v) is 8.67. The molecule has 2 aliphatic rings. The van der Waals surface area contributed by atoms with Crippen LogP contribution in [0.2, 0.25) is 0 Å². The number of nitrogens with zero attached hydrogens (tertiary/aromatic N) is 6. The van der Waals surface area contributed by atoms with E-state index in [1.165, 1.54) is 5.69 Å². The molecule has 0 bridgehead atoms. The Morgan fingerprint density at radius 1 is 0.957 bits per heavy atom. The fourth-order valence-corrected chi connectivity index (χ4v) is 5.87. The summed E-state index contributed by atoms with van der Waals surface area (Å²) in [5.74, 6) is -0.103. The van der Waals surface area contributed by atoms with Gasteiger partial charge in [-0.15, -0.1) is 5.12 Å². The molecule has 2 fully saturated rings. The minimum Gasteiger partial charge on any atom is -0.491 e. The highest BCUT2D eigenvalue weighted by molar-refractivity contribution is 5.57. The van der Waals surface area contributed by atoms with Gasteiger partial charge in [0.1, 0.15) is 18.5 Å². The Labute approximate surface area is 271 Å². The fourth-order valence-electron chi connectivity index (χ4n) is 5.87. The Balaban J connectivity index is 0.982. The van der Waals surface area contributed by atoms with Gasteiger partial charge in [-0.25, -0.2) is 5.43 Å². The monoisotopic (exact) mass is 627 g/mol.